The highest BCUT2D eigenvalue weighted by Gasteiger charge is 2.30. The van der Waals surface area contributed by atoms with Crippen LogP contribution in [0.4, 0.5) is 0 Å². The van der Waals surface area contributed by atoms with Gasteiger partial charge in [0.2, 0.25) is 17.7 Å². The van der Waals surface area contributed by atoms with Gasteiger partial charge < -0.3 is 42.0 Å². The Morgan fingerprint density at radius 1 is 0.886 bits per heavy atom. The molecule has 0 aromatic carbocycles. The van der Waals surface area contributed by atoms with Gasteiger partial charge in [0.05, 0.1) is 12.4 Å². The average Bonchev–Trinajstić information content (AvgIpc) is 3.29. The van der Waals surface area contributed by atoms with E-state index in [0.29, 0.717) is 5.69 Å². The van der Waals surface area contributed by atoms with Gasteiger partial charge in [-0.3, -0.25) is 24.0 Å². The predicted molar refractivity (Wildman–Crippen MR) is 121 cm³/mol. The van der Waals surface area contributed by atoms with E-state index < -0.39 is 85.5 Å². The van der Waals surface area contributed by atoms with Crippen LogP contribution in [-0.2, 0) is 35.2 Å². The van der Waals surface area contributed by atoms with Crippen molar-refractivity contribution in [2.24, 2.45) is 5.73 Å². The van der Waals surface area contributed by atoms with E-state index in [1.807, 2.05) is 0 Å². The number of carboxylic acids is 3. The molecule has 0 bridgehead atoms. The third-order valence-electron chi connectivity index (χ3n) is 4.69. The van der Waals surface area contributed by atoms with Gasteiger partial charge in [-0.2, -0.15) is 12.6 Å². The molecule has 0 aliphatic rings. The molecule has 4 unspecified atom stereocenters. The largest absolute Gasteiger partial charge is 0.481 e. The van der Waals surface area contributed by atoms with Crippen LogP contribution < -0.4 is 21.7 Å². The van der Waals surface area contributed by atoms with Gasteiger partial charge in [0, 0.05) is 36.9 Å². The molecule has 9 N–H and O–H groups in total. The minimum absolute atomic E-state index is 0.101. The second kappa shape index (κ2) is 14.6. The topological polar surface area (TPSA) is 254 Å². The first-order valence-electron chi connectivity index (χ1n) is 10.4. The number of hydrogen-bond donors (Lipinski definition) is 9. The fourth-order valence-electron chi connectivity index (χ4n) is 2.81. The van der Waals surface area contributed by atoms with Crippen LogP contribution in [0, 0.1) is 0 Å². The van der Waals surface area contributed by atoms with E-state index in [9.17, 15) is 33.9 Å². The highest BCUT2D eigenvalue weighted by molar-refractivity contribution is 7.80. The number of nitrogens with zero attached hydrogens (tertiary/aromatic N) is 1. The van der Waals surface area contributed by atoms with Crippen LogP contribution in [0.3, 0.4) is 0 Å². The van der Waals surface area contributed by atoms with Crippen molar-refractivity contribution in [2.45, 2.75) is 56.3 Å². The van der Waals surface area contributed by atoms with Crippen molar-refractivity contribution in [3.05, 3.63) is 18.2 Å². The lowest BCUT2D eigenvalue weighted by atomic mass is 10.1. The average molecular weight is 517 g/mol. The standard InChI is InChI=1S/C19H28N6O9S/c20-10(5-9-6-21-8-22-9)16(30)25-13(7-35)18(32)23-11(1-3-14(26)27)17(31)24-12(19(33)34)2-4-15(28)29/h6,8,10-13,35H,1-5,7,20H2,(H,21,22)(H,23,32)(H,24,31)(H,25,30)(H,26,27)(H,28,29)(H,33,34). The molecule has 1 rings (SSSR count). The number of aromatic nitrogens is 2. The van der Waals surface area contributed by atoms with E-state index >= 15 is 0 Å². The van der Waals surface area contributed by atoms with Crippen molar-refractivity contribution >= 4 is 48.3 Å². The van der Waals surface area contributed by atoms with Crippen molar-refractivity contribution in [1.29, 1.82) is 0 Å². The van der Waals surface area contributed by atoms with E-state index in [0.717, 1.165) is 0 Å². The van der Waals surface area contributed by atoms with Gasteiger partial charge in [0.1, 0.15) is 18.1 Å². The third-order valence-corrected chi connectivity index (χ3v) is 5.05. The fourth-order valence-corrected chi connectivity index (χ4v) is 3.06. The summed E-state index contributed by atoms with van der Waals surface area (Å²) in [5, 5.41) is 33.7. The molecule has 0 saturated heterocycles. The number of hydrogen-bond acceptors (Lipinski definition) is 9. The number of amides is 3. The molecular formula is C19H28N6O9S. The summed E-state index contributed by atoms with van der Waals surface area (Å²) in [7, 11) is 0. The molecule has 35 heavy (non-hydrogen) atoms. The molecule has 194 valence electrons. The summed E-state index contributed by atoms with van der Waals surface area (Å²) < 4.78 is 0. The van der Waals surface area contributed by atoms with E-state index in [4.69, 9.17) is 15.9 Å². The molecule has 15 nitrogen and oxygen atoms in total. The first kappa shape index (κ1) is 29.4. The fraction of sp³-hybridized carbons (Fsp3) is 0.526. The number of H-pyrrole nitrogens is 1. The molecule has 4 atom stereocenters. The van der Waals surface area contributed by atoms with Crippen LogP contribution in [0.15, 0.2) is 12.5 Å². The molecule has 0 aliphatic carbocycles. The second-order valence-corrected chi connectivity index (χ2v) is 7.82. The Morgan fingerprint density at radius 2 is 1.40 bits per heavy atom. The maximum absolute atomic E-state index is 12.7. The highest BCUT2D eigenvalue weighted by Crippen LogP contribution is 2.05. The Balaban J connectivity index is 2.85. The minimum atomic E-state index is -1.58. The molecule has 1 aromatic heterocycles. The van der Waals surface area contributed by atoms with Crippen LogP contribution in [0.25, 0.3) is 0 Å². The molecule has 0 spiro atoms. The second-order valence-electron chi connectivity index (χ2n) is 7.46. The Labute approximate surface area is 204 Å². The summed E-state index contributed by atoms with van der Waals surface area (Å²) in [4.78, 5) is 77.3. The van der Waals surface area contributed by atoms with Crippen molar-refractivity contribution in [3.8, 4) is 0 Å². The molecular weight excluding hydrogens is 488 g/mol. The quantitative estimate of drug-likeness (QED) is 0.104. The summed E-state index contributed by atoms with van der Waals surface area (Å²) in [6, 6.07) is -5.35. The Kier molecular flexibility index (Phi) is 12.2. The van der Waals surface area contributed by atoms with Gasteiger partial charge in [0.15, 0.2) is 0 Å². The van der Waals surface area contributed by atoms with Crippen LogP contribution in [0.2, 0.25) is 0 Å². The van der Waals surface area contributed by atoms with Crippen LogP contribution >= 0.6 is 12.6 Å². The summed E-state index contributed by atoms with van der Waals surface area (Å²) in [6.07, 6.45) is 1.06. The first-order chi connectivity index (χ1) is 16.4. The van der Waals surface area contributed by atoms with E-state index in [1.165, 1.54) is 12.5 Å². The van der Waals surface area contributed by atoms with Gasteiger partial charge in [-0.25, -0.2) is 9.78 Å². The molecule has 1 heterocycles. The van der Waals surface area contributed by atoms with Gasteiger partial charge in [-0.05, 0) is 12.8 Å². The number of imidazole rings is 1. The number of rotatable bonds is 16. The van der Waals surface area contributed by atoms with E-state index in [2.05, 4.69) is 38.5 Å². The predicted octanol–water partition coefficient (Wildman–Crippen LogP) is -2.52. The summed E-state index contributed by atoms with van der Waals surface area (Å²) in [5.74, 6) is -6.86. The maximum Gasteiger partial charge on any atom is 0.326 e. The van der Waals surface area contributed by atoms with Crippen molar-refractivity contribution in [2.75, 3.05) is 5.75 Å². The van der Waals surface area contributed by atoms with E-state index in [1.54, 1.807) is 0 Å². The molecule has 0 saturated carbocycles. The maximum atomic E-state index is 12.7. The highest BCUT2D eigenvalue weighted by atomic mass is 32.1. The van der Waals surface area contributed by atoms with Gasteiger partial charge in [-0.1, -0.05) is 0 Å². The molecule has 0 radical (unpaired) electrons. The zero-order valence-corrected chi connectivity index (χ0v) is 19.4. The number of aliphatic carboxylic acids is 3. The number of carboxylic acid groups (broad SMARTS) is 3. The zero-order chi connectivity index (χ0) is 26.5. The molecule has 0 aliphatic heterocycles. The van der Waals surface area contributed by atoms with Crippen LogP contribution in [0.1, 0.15) is 31.4 Å². The SMILES string of the molecule is NC(Cc1cnc[nH]1)C(=O)NC(CS)C(=O)NC(CCC(=O)O)C(=O)NC(CCC(=O)O)C(=O)O. The minimum Gasteiger partial charge on any atom is -0.481 e. The molecule has 3 amide bonds. The molecule has 0 fully saturated rings. The van der Waals surface area contributed by atoms with Crippen molar-refractivity contribution in [1.82, 2.24) is 25.9 Å². The monoisotopic (exact) mass is 516 g/mol. The zero-order valence-electron chi connectivity index (χ0n) is 18.5. The normalized spacial score (nSPS) is 14.1. The Morgan fingerprint density at radius 3 is 1.89 bits per heavy atom. The molecule has 1 aromatic rings. The van der Waals surface area contributed by atoms with Crippen molar-refractivity contribution < 1.29 is 44.1 Å². The van der Waals surface area contributed by atoms with Gasteiger partial charge in [0.25, 0.3) is 0 Å². The van der Waals surface area contributed by atoms with Crippen LogP contribution in [0.5, 0.6) is 0 Å². The van der Waals surface area contributed by atoms with Crippen molar-refractivity contribution in [3.63, 3.8) is 0 Å². The lowest BCUT2D eigenvalue weighted by Gasteiger charge is -2.24. The Bertz CT molecular complexity index is 911. The number of carbonyl (C=O) groups excluding carboxylic acids is 3. The number of carbonyl (C=O) groups is 6. The number of nitrogens with two attached hydrogens (primary N) is 1. The first-order valence-corrected chi connectivity index (χ1v) is 11.0. The van der Waals surface area contributed by atoms with Gasteiger partial charge in [-0.15, -0.1) is 0 Å². The summed E-state index contributed by atoms with van der Waals surface area (Å²) in [5.41, 5.74) is 6.42. The lowest BCUT2D eigenvalue weighted by Crippen LogP contribution is -2.57. The molecule has 16 heteroatoms. The third kappa shape index (κ3) is 10.9. The van der Waals surface area contributed by atoms with E-state index in [-0.39, 0.29) is 12.2 Å². The number of aromatic amines is 1. The smallest absolute Gasteiger partial charge is 0.326 e. The lowest BCUT2D eigenvalue weighted by molar-refractivity contribution is -0.144. The summed E-state index contributed by atoms with van der Waals surface area (Å²) >= 11 is 4.01. The number of thiol groups is 1. The van der Waals surface area contributed by atoms with Crippen LogP contribution in [-0.4, -0.2) is 90.8 Å². The summed E-state index contributed by atoms with van der Waals surface area (Å²) in [6.45, 7) is 0. The van der Waals surface area contributed by atoms with Gasteiger partial charge >= 0.3 is 17.9 Å². The number of nitrogens with one attached hydrogen (secondary N) is 4. The Hall–Kier alpha value is -3.66.